The van der Waals surface area contributed by atoms with Crippen molar-refractivity contribution in [2.45, 2.75) is 11.4 Å². The Morgan fingerprint density at radius 1 is 0.974 bits per heavy atom. The zero-order valence-corrected chi connectivity index (χ0v) is 21.7. The van der Waals surface area contributed by atoms with Crippen molar-refractivity contribution >= 4 is 32.5 Å². The number of carbonyl (C=O) groups is 1. The lowest BCUT2D eigenvalue weighted by atomic mass is 10.1. The van der Waals surface area contributed by atoms with Crippen LogP contribution < -0.4 is 9.46 Å². The van der Waals surface area contributed by atoms with Gasteiger partial charge in [0.05, 0.1) is 12.6 Å². The summed E-state index contributed by atoms with van der Waals surface area (Å²) in [4.78, 5) is 21.4. The van der Waals surface area contributed by atoms with Gasteiger partial charge in [0.2, 0.25) is 0 Å². The first-order valence-corrected chi connectivity index (χ1v) is 13.7. The van der Waals surface area contributed by atoms with E-state index in [1.54, 1.807) is 66.7 Å². The summed E-state index contributed by atoms with van der Waals surface area (Å²) in [6.45, 7) is 2.91. The minimum Gasteiger partial charge on any atom is -0.507 e. The molecule has 1 aliphatic rings. The van der Waals surface area contributed by atoms with Gasteiger partial charge in [0.25, 0.3) is 15.9 Å². The first-order chi connectivity index (χ1) is 18.4. The van der Waals surface area contributed by atoms with Crippen molar-refractivity contribution in [1.82, 2.24) is 14.8 Å². The number of pyridine rings is 1. The molecule has 0 unspecified atom stereocenters. The van der Waals surface area contributed by atoms with Crippen molar-refractivity contribution in [1.29, 1.82) is 0 Å². The normalized spacial score (nSPS) is 14.4. The van der Waals surface area contributed by atoms with E-state index in [1.807, 2.05) is 18.2 Å². The van der Waals surface area contributed by atoms with Gasteiger partial charge in [-0.1, -0.05) is 24.3 Å². The maximum Gasteiger partial charge on any atom is 0.264 e. The van der Waals surface area contributed by atoms with Gasteiger partial charge in [0.15, 0.2) is 0 Å². The van der Waals surface area contributed by atoms with Gasteiger partial charge in [-0.3, -0.25) is 19.4 Å². The number of sulfonamides is 1. The molecule has 0 aliphatic carbocycles. The van der Waals surface area contributed by atoms with Crippen LogP contribution >= 0.6 is 0 Å². The lowest BCUT2D eigenvalue weighted by Gasteiger charge is -2.35. The summed E-state index contributed by atoms with van der Waals surface area (Å²) >= 11 is 0. The molecular weight excluding hydrogens is 504 g/mol. The molecule has 4 aromatic rings. The quantitative estimate of drug-likeness (QED) is 0.373. The number of fused-ring (bicyclic) bond motifs is 1. The molecule has 196 valence electrons. The van der Waals surface area contributed by atoms with Gasteiger partial charge in [0, 0.05) is 61.1 Å². The number of phenols is 1. The smallest absolute Gasteiger partial charge is 0.264 e. The largest absolute Gasteiger partial charge is 0.507 e. The highest BCUT2D eigenvalue weighted by Crippen LogP contribution is 2.29. The molecule has 0 radical (unpaired) electrons. The molecule has 2 heterocycles. The summed E-state index contributed by atoms with van der Waals surface area (Å²) in [5.74, 6) is 0.712. The Kier molecular flexibility index (Phi) is 7.17. The molecule has 1 saturated heterocycles. The number of ether oxygens (including phenoxy) is 1. The SMILES string of the molecule is COc1cccc(O)c1CN1CCN(C(=O)c2ccc(NS(=O)(=O)c3cccc4cccnc34)cc2)CC1. The molecule has 1 aromatic heterocycles. The number of piperazine rings is 1. The van der Waals surface area contributed by atoms with E-state index < -0.39 is 10.0 Å². The van der Waals surface area contributed by atoms with E-state index in [1.165, 1.54) is 6.07 Å². The molecule has 2 N–H and O–H groups in total. The number of amides is 1. The fraction of sp³-hybridized carbons (Fsp3) is 0.214. The van der Waals surface area contributed by atoms with Gasteiger partial charge in [-0.2, -0.15) is 0 Å². The van der Waals surface area contributed by atoms with Gasteiger partial charge < -0.3 is 14.7 Å². The lowest BCUT2D eigenvalue weighted by molar-refractivity contribution is 0.0626. The number of nitrogens with zero attached hydrogens (tertiary/aromatic N) is 3. The van der Waals surface area contributed by atoms with E-state index in [0.717, 1.165) is 10.9 Å². The zero-order valence-electron chi connectivity index (χ0n) is 20.9. The number of methoxy groups -OCH3 is 1. The molecule has 0 bridgehead atoms. The molecule has 1 amide bonds. The lowest BCUT2D eigenvalue weighted by Crippen LogP contribution is -2.48. The molecule has 10 heteroatoms. The second-order valence-corrected chi connectivity index (χ2v) is 10.7. The minimum atomic E-state index is -3.87. The molecule has 0 saturated carbocycles. The van der Waals surface area contributed by atoms with Gasteiger partial charge in [-0.05, 0) is 48.5 Å². The van der Waals surface area contributed by atoms with Crippen LogP contribution in [0.1, 0.15) is 15.9 Å². The number of anilines is 1. The third-order valence-corrected chi connectivity index (χ3v) is 8.05. The summed E-state index contributed by atoms with van der Waals surface area (Å²) in [7, 11) is -2.30. The van der Waals surface area contributed by atoms with Crippen molar-refractivity contribution in [2.75, 3.05) is 38.0 Å². The Morgan fingerprint density at radius 3 is 2.42 bits per heavy atom. The summed E-state index contributed by atoms with van der Waals surface area (Å²) in [6, 6.07) is 20.2. The van der Waals surface area contributed by atoms with Crippen molar-refractivity contribution in [3.05, 3.63) is 90.1 Å². The fourth-order valence-electron chi connectivity index (χ4n) is 4.60. The second kappa shape index (κ2) is 10.7. The van der Waals surface area contributed by atoms with E-state index in [0.29, 0.717) is 55.2 Å². The Balaban J connectivity index is 1.22. The minimum absolute atomic E-state index is 0.0927. The second-order valence-electron chi connectivity index (χ2n) is 9.04. The van der Waals surface area contributed by atoms with Crippen molar-refractivity contribution in [2.24, 2.45) is 0 Å². The molecular formula is C28H28N4O5S. The Bertz CT molecular complexity index is 1560. The Morgan fingerprint density at radius 2 is 1.68 bits per heavy atom. The third kappa shape index (κ3) is 5.27. The standard InChI is InChI=1S/C28H28N4O5S/c1-37-25-8-3-7-24(33)23(25)19-31-15-17-32(18-16-31)28(34)21-10-12-22(13-11-21)30-38(35,36)26-9-2-5-20-6-4-14-29-27(20)26/h2-14,30,33H,15-19H2,1H3. The number of benzene rings is 3. The van der Waals surface area contributed by atoms with Crippen LogP contribution in [-0.4, -0.2) is 67.5 Å². The number of aromatic nitrogens is 1. The monoisotopic (exact) mass is 532 g/mol. The van der Waals surface area contributed by atoms with Crippen LogP contribution in [0.2, 0.25) is 0 Å². The van der Waals surface area contributed by atoms with Crippen LogP contribution in [0.3, 0.4) is 0 Å². The first-order valence-electron chi connectivity index (χ1n) is 12.2. The third-order valence-electron chi connectivity index (χ3n) is 6.64. The maximum absolute atomic E-state index is 13.1. The summed E-state index contributed by atoms with van der Waals surface area (Å²) in [5, 5.41) is 11.0. The molecule has 1 fully saturated rings. The van der Waals surface area contributed by atoms with Crippen LogP contribution in [0.5, 0.6) is 11.5 Å². The average Bonchev–Trinajstić information content (AvgIpc) is 2.94. The molecule has 3 aromatic carbocycles. The van der Waals surface area contributed by atoms with Crippen LogP contribution in [0.25, 0.3) is 10.9 Å². The molecule has 0 spiro atoms. The van der Waals surface area contributed by atoms with Crippen molar-refractivity contribution < 1.29 is 23.1 Å². The van der Waals surface area contributed by atoms with Gasteiger partial charge in [0.1, 0.15) is 16.4 Å². The van der Waals surface area contributed by atoms with Gasteiger partial charge >= 0.3 is 0 Å². The number of hydrogen-bond donors (Lipinski definition) is 2. The summed E-state index contributed by atoms with van der Waals surface area (Å²) in [6.07, 6.45) is 1.56. The number of nitrogens with one attached hydrogen (secondary N) is 1. The molecule has 9 nitrogen and oxygen atoms in total. The number of para-hydroxylation sites is 1. The highest BCUT2D eigenvalue weighted by Gasteiger charge is 2.24. The van der Waals surface area contributed by atoms with E-state index >= 15 is 0 Å². The van der Waals surface area contributed by atoms with Crippen LogP contribution in [0, 0.1) is 0 Å². The summed E-state index contributed by atoms with van der Waals surface area (Å²) in [5.41, 5.74) is 1.97. The van der Waals surface area contributed by atoms with E-state index in [2.05, 4.69) is 14.6 Å². The number of hydrogen-bond acceptors (Lipinski definition) is 7. The highest BCUT2D eigenvalue weighted by molar-refractivity contribution is 7.93. The Hall–Kier alpha value is -4.15. The molecule has 0 atom stereocenters. The van der Waals surface area contributed by atoms with Gasteiger partial charge in [-0.25, -0.2) is 8.42 Å². The topological polar surface area (TPSA) is 112 Å². The molecule has 1 aliphatic heterocycles. The number of rotatable bonds is 7. The maximum atomic E-state index is 13.1. The zero-order chi connectivity index (χ0) is 26.7. The van der Waals surface area contributed by atoms with Crippen LogP contribution in [-0.2, 0) is 16.6 Å². The van der Waals surface area contributed by atoms with Crippen LogP contribution in [0.15, 0.2) is 83.9 Å². The predicted octanol–water partition coefficient (Wildman–Crippen LogP) is 3.71. The fourth-order valence-corrected chi connectivity index (χ4v) is 5.84. The number of phenolic OH excluding ortho intramolecular Hbond substituents is 1. The Labute approximate surface area is 221 Å². The van der Waals surface area contributed by atoms with Gasteiger partial charge in [-0.15, -0.1) is 0 Å². The average molecular weight is 533 g/mol. The van der Waals surface area contributed by atoms with E-state index in [-0.39, 0.29) is 16.6 Å². The number of aromatic hydroxyl groups is 1. The van der Waals surface area contributed by atoms with E-state index in [9.17, 15) is 18.3 Å². The predicted molar refractivity (Wildman–Crippen MR) is 145 cm³/mol. The first kappa shape index (κ1) is 25.5. The number of carbonyl (C=O) groups excluding carboxylic acids is 1. The van der Waals surface area contributed by atoms with Crippen LogP contribution in [0.4, 0.5) is 5.69 Å². The van der Waals surface area contributed by atoms with E-state index in [4.69, 9.17) is 4.74 Å². The van der Waals surface area contributed by atoms with Crippen molar-refractivity contribution in [3.63, 3.8) is 0 Å². The van der Waals surface area contributed by atoms with Crippen molar-refractivity contribution in [3.8, 4) is 11.5 Å². The molecule has 5 rings (SSSR count). The highest BCUT2D eigenvalue weighted by atomic mass is 32.2. The molecule has 38 heavy (non-hydrogen) atoms. The summed E-state index contributed by atoms with van der Waals surface area (Å²) < 4.78 is 34.1.